The third kappa shape index (κ3) is 6.43. The molecule has 1 aromatic heterocycles. The van der Waals surface area contributed by atoms with E-state index in [2.05, 4.69) is 191 Å². The number of fused-ring (bicyclic) bond motifs is 4. The van der Waals surface area contributed by atoms with Gasteiger partial charge in [0.15, 0.2) is 0 Å². The Bertz CT molecular complexity index is 2020. The molecule has 0 N–H and O–H groups in total. The van der Waals surface area contributed by atoms with Crippen molar-refractivity contribution in [3.8, 4) is 5.69 Å². The molecule has 0 aliphatic carbocycles. The highest BCUT2D eigenvalue weighted by Gasteiger charge is 2.26. The molecule has 7 aromatic rings. The Morgan fingerprint density at radius 1 is 0.553 bits per heavy atom. The Hall–Kier alpha value is -4.82. The number of hydrogen-bond donors (Lipinski definition) is 0. The van der Waals surface area contributed by atoms with Crippen molar-refractivity contribution in [3.63, 3.8) is 0 Å². The largest absolute Gasteiger partial charge is 0.310 e. The Labute approximate surface area is 281 Å². The molecular formula is C45H48N2. The van der Waals surface area contributed by atoms with Crippen LogP contribution in [0.1, 0.15) is 72.3 Å². The van der Waals surface area contributed by atoms with Crippen molar-refractivity contribution in [2.75, 3.05) is 4.90 Å². The molecule has 0 bridgehead atoms. The summed E-state index contributed by atoms with van der Waals surface area (Å²) in [7, 11) is 0. The molecule has 0 spiro atoms. The minimum Gasteiger partial charge on any atom is -0.310 e. The summed E-state index contributed by atoms with van der Waals surface area (Å²) in [6.07, 6.45) is 3.63. The van der Waals surface area contributed by atoms with Crippen LogP contribution in [0.4, 0.5) is 17.1 Å². The highest BCUT2D eigenvalue weighted by atomic mass is 15.1. The molecule has 238 valence electrons. The van der Waals surface area contributed by atoms with Crippen LogP contribution in [-0.2, 0) is 0 Å². The van der Waals surface area contributed by atoms with E-state index in [-0.39, 0.29) is 5.41 Å². The zero-order chi connectivity index (χ0) is 33.0. The first kappa shape index (κ1) is 32.1. The summed E-state index contributed by atoms with van der Waals surface area (Å²) in [5, 5.41) is 5.04. The summed E-state index contributed by atoms with van der Waals surface area (Å²) >= 11 is 0. The summed E-state index contributed by atoms with van der Waals surface area (Å²) in [5.41, 5.74) is 8.73. The minimum absolute atomic E-state index is 0.218. The van der Waals surface area contributed by atoms with Gasteiger partial charge in [-0.2, -0.15) is 0 Å². The number of benzene rings is 6. The monoisotopic (exact) mass is 616 g/mol. The van der Waals surface area contributed by atoms with Gasteiger partial charge in [-0.3, -0.25) is 0 Å². The number of para-hydroxylation sites is 2. The Morgan fingerprint density at radius 2 is 1.04 bits per heavy atom. The van der Waals surface area contributed by atoms with Gasteiger partial charge in [-0.05, 0) is 83.3 Å². The van der Waals surface area contributed by atoms with E-state index < -0.39 is 0 Å². The van der Waals surface area contributed by atoms with Gasteiger partial charge in [-0.1, -0.05) is 139 Å². The molecular weight excluding hydrogens is 569 g/mol. The fourth-order valence-electron chi connectivity index (χ4n) is 7.03. The van der Waals surface area contributed by atoms with Crippen LogP contribution in [0.5, 0.6) is 0 Å². The second-order valence-corrected chi connectivity index (χ2v) is 13.7. The maximum Gasteiger partial charge on any atom is 0.0541 e. The topological polar surface area (TPSA) is 8.17 Å². The maximum atomic E-state index is 2.41. The quantitative estimate of drug-likeness (QED) is 0.173. The van der Waals surface area contributed by atoms with Crippen LogP contribution in [0, 0.1) is 5.41 Å². The van der Waals surface area contributed by atoms with E-state index in [4.69, 9.17) is 0 Å². The van der Waals surface area contributed by atoms with Crippen molar-refractivity contribution in [1.29, 1.82) is 0 Å². The van der Waals surface area contributed by atoms with Crippen molar-refractivity contribution >= 4 is 49.6 Å². The Kier molecular flexibility index (Phi) is 9.50. The lowest BCUT2D eigenvalue weighted by atomic mass is 9.74. The summed E-state index contributed by atoms with van der Waals surface area (Å²) in [4.78, 5) is 2.41. The smallest absolute Gasteiger partial charge is 0.0541 e. The van der Waals surface area contributed by atoms with Gasteiger partial charge in [-0.15, -0.1) is 0 Å². The van der Waals surface area contributed by atoms with E-state index in [1.54, 1.807) is 0 Å². The second kappa shape index (κ2) is 13.9. The van der Waals surface area contributed by atoms with Crippen LogP contribution in [0.2, 0.25) is 0 Å². The maximum absolute atomic E-state index is 2.41. The predicted molar refractivity (Wildman–Crippen MR) is 206 cm³/mol. The van der Waals surface area contributed by atoms with E-state index >= 15 is 0 Å². The molecule has 2 nitrogen and oxygen atoms in total. The molecule has 7 rings (SSSR count). The van der Waals surface area contributed by atoms with Crippen molar-refractivity contribution < 1.29 is 0 Å². The molecule has 47 heavy (non-hydrogen) atoms. The molecule has 0 fully saturated rings. The fourth-order valence-corrected chi connectivity index (χ4v) is 7.03. The van der Waals surface area contributed by atoms with E-state index in [9.17, 15) is 0 Å². The van der Waals surface area contributed by atoms with Crippen LogP contribution in [0.3, 0.4) is 0 Å². The van der Waals surface area contributed by atoms with Gasteiger partial charge in [0.1, 0.15) is 0 Å². The standard InChI is InChI=1S/C42H40N2.C3H8/c1-5-13-38(42(2,3)4)31-22-24-32(25-23-31)43(39-21-12-15-30-14-6-7-16-35(30)39)33-26-28-34(29-27-33)44-40-19-10-8-17-36(40)37-18-9-11-20-41(37)44;1-3-2/h6-12,14-29,38H,5,13H2,1-4H3;3H2,1-2H3. The van der Waals surface area contributed by atoms with Crippen molar-refractivity contribution in [1.82, 2.24) is 4.57 Å². The lowest BCUT2D eigenvalue weighted by Gasteiger charge is -2.32. The highest BCUT2D eigenvalue weighted by molar-refractivity contribution is 6.09. The molecule has 0 saturated carbocycles. The van der Waals surface area contributed by atoms with Gasteiger partial charge in [0.2, 0.25) is 0 Å². The lowest BCUT2D eigenvalue weighted by molar-refractivity contribution is 0.303. The molecule has 0 aliphatic rings. The van der Waals surface area contributed by atoms with E-state index in [0.717, 1.165) is 11.4 Å². The zero-order valence-corrected chi connectivity index (χ0v) is 28.9. The normalized spacial score (nSPS) is 12.2. The van der Waals surface area contributed by atoms with Crippen molar-refractivity contribution in [2.24, 2.45) is 5.41 Å². The van der Waals surface area contributed by atoms with E-state index in [1.807, 2.05) is 0 Å². The van der Waals surface area contributed by atoms with Gasteiger partial charge >= 0.3 is 0 Å². The zero-order valence-electron chi connectivity index (χ0n) is 28.9. The average molecular weight is 617 g/mol. The third-order valence-electron chi connectivity index (χ3n) is 9.13. The number of nitrogens with zero attached hydrogens (tertiary/aromatic N) is 2. The first-order valence-corrected chi connectivity index (χ1v) is 17.3. The molecule has 2 heteroatoms. The van der Waals surface area contributed by atoms with Crippen LogP contribution in [0.25, 0.3) is 38.3 Å². The van der Waals surface area contributed by atoms with Crippen molar-refractivity contribution in [2.45, 2.75) is 66.7 Å². The molecule has 0 amide bonds. The minimum atomic E-state index is 0.218. The first-order valence-electron chi connectivity index (χ1n) is 17.3. The Balaban J connectivity index is 0.00000124. The van der Waals surface area contributed by atoms with Gasteiger partial charge in [0.25, 0.3) is 0 Å². The summed E-state index contributed by atoms with van der Waals surface area (Å²) in [6.45, 7) is 13.6. The molecule has 1 atom stereocenters. The average Bonchev–Trinajstić information content (AvgIpc) is 3.42. The molecule has 0 radical (unpaired) electrons. The third-order valence-corrected chi connectivity index (χ3v) is 9.13. The first-order chi connectivity index (χ1) is 22.9. The fraction of sp³-hybridized carbons (Fsp3) is 0.244. The highest BCUT2D eigenvalue weighted by Crippen LogP contribution is 2.43. The second-order valence-electron chi connectivity index (χ2n) is 13.7. The van der Waals surface area contributed by atoms with Crippen molar-refractivity contribution in [3.05, 3.63) is 145 Å². The van der Waals surface area contributed by atoms with Crippen LogP contribution in [-0.4, -0.2) is 4.57 Å². The molecule has 1 heterocycles. The summed E-state index contributed by atoms with van der Waals surface area (Å²) in [6, 6.07) is 51.1. The lowest BCUT2D eigenvalue weighted by Crippen LogP contribution is -2.18. The summed E-state index contributed by atoms with van der Waals surface area (Å²) in [5.74, 6) is 0.526. The van der Waals surface area contributed by atoms with Crippen LogP contribution < -0.4 is 4.90 Å². The number of anilines is 3. The molecule has 0 saturated heterocycles. The van der Waals surface area contributed by atoms with Gasteiger partial charge in [0.05, 0.1) is 16.7 Å². The Morgan fingerprint density at radius 3 is 1.60 bits per heavy atom. The van der Waals surface area contributed by atoms with E-state index in [0.29, 0.717) is 5.92 Å². The van der Waals surface area contributed by atoms with Crippen LogP contribution >= 0.6 is 0 Å². The van der Waals surface area contributed by atoms with Crippen LogP contribution in [0.15, 0.2) is 140 Å². The van der Waals surface area contributed by atoms with Gasteiger partial charge < -0.3 is 9.47 Å². The number of rotatable bonds is 7. The number of aromatic nitrogens is 1. The summed E-state index contributed by atoms with van der Waals surface area (Å²) < 4.78 is 2.38. The molecule has 1 unspecified atom stereocenters. The van der Waals surface area contributed by atoms with Gasteiger partial charge in [0, 0.05) is 33.2 Å². The SMILES string of the molecule is CCC.CCCC(c1ccc(N(c2ccc(-n3c4ccccc4c4ccccc43)cc2)c2cccc3ccccc23)cc1)C(C)(C)C. The van der Waals surface area contributed by atoms with Gasteiger partial charge in [-0.25, -0.2) is 0 Å². The molecule has 0 aliphatic heterocycles. The van der Waals surface area contributed by atoms with E-state index in [1.165, 1.54) is 68.8 Å². The molecule has 6 aromatic carbocycles. The predicted octanol–water partition coefficient (Wildman–Crippen LogP) is 13.8. The number of hydrogen-bond acceptors (Lipinski definition) is 1.